The van der Waals surface area contributed by atoms with Gasteiger partial charge >= 0.3 is 0 Å². The highest BCUT2D eigenvalue weighted by atomic mass is 19.1. The number of aliphatic imine (C=N–C) groups is 1. The number of guanidine groups is 1. The van der Waals surface area contributed by atoms with Crippen LogP contribution < -0.4 is 5.73 Å². The predicted octanol–water partition coefficient (Wildman–Crippen LogP) is 1.98. The van der Waals surface area contributed by atoms with Crippen LogP contribution >= 0.6 is 0 Å². The van der Waals surface area contributed by atoms with E-state index in [-0.39, 0.29) is 18.0 Å². The summed E-state index contributed by atoms with van der Waals surface area (Å²) in [6.07, 6.45) is 2.36. The van der Waals surface area contributed by atoms with Crippen molar-refractivity contribution in [2.45, 2.75) is 31.9 Å². The number of nitrogens with zero attached hydrogens (tertiary/aromatic N) is 2. The van der Waals surface area contributed by atoms with Crippen LogP contribution in [0.3, 0.4) is 0 Å². The van der Waals surface area contributed by atoms with Gasteiger partial charge in [0.05, 0.1) is 18.7 Å². The molecule has 1 saturated heterocycles. The Morgan fingerprint density at radius 1 is 1.50 bits per heavy atom. The molecule has 3 rings (SSSR count). The van der Waals surface area contributed by atoms with Crippen LogP contribution in [0.2, 0.25) is 0 Å². The van der Waals surface area contributed by atoms with Crippen LogP contribution in [-0.2, 0) is 4.74 Å². The summed E-state index contributed by atoms with van der Waals surface area (Å²) in [5.74, 6) is 0.358. The lowest BCUT2D eigenvalue weighted by Crippen LogP contribution is -2.41. The van der Waals surface area contributed by atoms with Crippen molar-refractivity contribution >= 4 is 5.96 Å². The summed E-state index contributed by atoms with van der Waals surface area (Å²) >= 11 is 0. The van der Waals surface area contributed by atoms with Crippen LogP contribution in [-0.4, -0.2) is 36.7 Å². The zero-order valence-electron chi connectivity index (χ0n) is 11.7. The van der Waals surface area contributed by atoms with Crippen LogP contribution in [0.4, 0.5) is 4.39 Å². The average Bonchev–Trinajstić information content (AvgIpc) is 3.05. The van der Waals surface area contributed by atoms with E-state index >= 15 is 0 Å². The van der Waals surface area contributed by atoms with E-state index in [2.05, 4.69) is 4.99 Å². The lowest BCUT2D eigenvalue weighted by molar-refractivity contribution is 0.0852. The summed E-state index contributed by atoms with van der Waals surface area (Å²) in [6, 6.07) is 5.38. The van der Waals surface area contributed by atoms with Crippen LogP contribution in [0.1, 0.15) is 30.0 Å². The maximum absolute atomic E-state index is 13.7. The van der Waals surface area contributed by atoms with Gasteiger partial charge in [-0.05, 0) is 37.0 Å². The van der Waals surface area contributed by atoms with Gasteiger partial charge in [0.15, 0.2) is 5.96 Å². The SMILES string of the molecule is Cc1ccc(C2CN=C(N)N2CC2CCCO2)cc1F. The minimum atomic E-state index is -0.176. The first-order valence-electron chi connectivity index (χ1n) is 7.09. The second-order valence-electron chi connectivity index (χ2n) is 5.51. The molecule has 2 unspecified atom stereocenters. The molecule has 2 atom stereocenters. The Balaban J connectivity index is 1.78. The van der Waals surface area contributed by atoms with Crippen LogP contribution in [0.15, 0.2) is 23.2 Å². The molecule has 0 aliphatic carbocycles. The molecule has 2 heterocycles. The molecule has 1 fully saturated rings. The molecule has 0 radical (unpaired) electrons. The number of halogens is 1. The smallest absolute Gasteiger partial charge is 0.192 e. The molecule has 0 aromatic heterocycles. The molecule has 20 heavy (non-hydrogen) atoms. The standard InChI is InChI=1S/C15H20FN3O/c1-10-4-5-11(7-13(10)16)14-8-18-15(17)19(14)9-12-3-2-6-20-12/h4-5,7,12,14H,2-3,6,8-9H2,1H3,(H2,17,18). The number of ether oxygens (including phenoxy) is 1. The van der Waals surface area contributed by atoms with Crippen molar-refractivity contribution in [1.82, 2.24) is 4.90 Å². The average molecular weight is 277 g/mol. The molecule has 0 amide bonds. The molecular weight excluding hydrogens is 257 g/mol. The molecule has 108 valence electrons. The first-order chi connectivity index (χ1) is 9.65. The highest BCUT2D eigenvalue weighted by Gasteiger charge is 2.31. The van der Waals surface area contributed by atoms with Gasteiger partial charge in [-0.2, -0.15) is 0 Å². The van der Waals surface area contributed by atoms with E-state index in [1.54, 1.807) is 13.0 Å². The molecule has 0 spiro atoms. The van der Waals surface area contributed by atoms with Crippen LogP contribution in [0.5, 0.6) is 0 Å². The minimum absolute atomic E-state index is 0.0225. The monoisotopic (exact) mass is 277 g/mol. The van der Waals surface area contributed by atoms with Crippen molar-refractivity contribution in [3.05, 3.63) is 35.1 Å². The van der Waals surface area contributed by atoms with Gasteiger partial charge in [0.1, 0.15) is 5.82 Å². The fourth-order valence-corrected chi connectivity index (χ4v) is 2.86. The third-order valence-electron chi connectivity index (χ3n) is 4.10. The van der Waals surface area contributed by atoms with E-state index in [0.717, 1.165) is 31.6 Å². The second kappa shape index (κ2) is 5.40. The van der Waals surface area contributed by atoms with Gasteiger partial charge in [-0.3, -0.25) is 4.99 Å². The Kier molecular flexibility index (Phi) is 3.61. The Labute approximate surface area is 118 Å². The number of hydrogen-bond donors (Lipinski definition) is 1. The zero-order valence-corrected chi connectivity index (χ0v) is 11.7. The summed E-state index contributed by atoms with van der Waals surface area (Å²) in [5.41, 5.74) is 7.56. The van der Waals surface area contributed by atoms with Crippen molar-refractivity contribution in [1.29, 1.82) is 0 Å². The summed E-state index contributed by atoms with van der Waals surface area (Å²) in [5, 5.41) is 0. The zero-order chi connectivity index (χ0) is 14.1. The van der Waals surface area contributed by atoms with E-state index in [9.17, 15) is 4.39 Å². The highest BCUT2D eigenvalue weighted by molar-refractivity contribution is 5.80. The van der Waals surface area contributed by atoms with Gasteiger partial charge < -0.3 is 15.4 Å². The number of nitrogens with two attached hydrogens (primary N) is 1. The third kappa shape index (κ3) is 2.50. The molecule has 0 saturated carbocycles. The molecule has 1 aromatic rings. The van der Waals surface area contributed by atoms with E-state index < -0.39 is 0 Å². The lowest BCUT2D eigenvalue weighted by Gasteiger charge is -2.29. The van der Waals surface area contributed by atoms with Gasteiger partial charge in [0, 0.05) is 13.2 Å². The van der Waals surface area contributed by atoms with Gasteiger partial charge in [-0.15, -0.1) is 0 Å². The second-order valence-corrected chi connectivity index (χ2v) is 5.51. The van der Waals surface area contributed by atoms with Crippen molar-refractivity contribution in [2.75, 3.05) is 19.7 Å². The molecule has 2 aliphatic heterocycles. The van der Waals surface area contributed by atoms with E-state index in [4.69, 9.17) is 10.5 Å². The molecule has 1 aromatic carbocycles. The number of rotatable bonds is 3. The predicted molar refractivity (Wildman–Crippen MR) is 76.0 cm³/mol. The Morgan fingerprint density at radius 2 is 2.35 bits per heavy atom. The number of aryl methyl sites for hydroxylation is 1. The van der Waals surface area contributed by atoms with Crippen molar-refractivity contribution in [3.8, 4) is 0 Å². The molecule has 0 bridgehead atoms. The summed E-state index contributed by atoms with van der Waals surface area (Å²) in [7, 11) is 0. The van der Waals surface area contributed by atoms with E-state index in [1.807, 2.05) is 17.0 Å². The van der Waals surface area contributed by atoms with Crippen molar-refractivity contribution in [3.63, 3.8) is 0 Å². The first-order valence-corrected chi connectivity index (χ1v) is 7.09. The summed E-state index contributed by atoms with van der Waals surface area (Å²) < 4.78 is 19.4. The van der Waals surface area contributed by atoms with Gasteiger partial charge in [-0.1, -0.05) is 12.1 Å². The van der Waals surface area contributed by atoms with E-state index in [0.29, 0.717) is 18.1 Å². The fraction of sp³-hybridized carbons (Fsp3) is 0.533. The highest BCUT2D eigenvalue weighted by Crippen LogP contribution is 2.28. The van der Waals surface area contributed by atoms with Gasteiger partial charge in [-0.25, -0.2) is 4.39 Å². The number of hydrogen-bond acceptors (Lipinski definition) is 4. The normalized spacial score (nSPS) is 26.1. The Bertz CT molecular complexity index is 526. The Morgan fingerprint density at radius 3 is 3.05 bits per heavy atom. The van der Waals surface area contributed by atoms with Gasteiger partial charge in [0.25, 0.3) is 0 Å². The number of benzene rings is 1. The van der Waals surface area contributed by atoms with Crippen LogP contribution in [0.25, 0.3) is 0 Å². The first kappa shape index (κ1) is 13.4. The maximum Gasteiger partial charge on any atom is 0.192 e. The third-order valence-corrected chi connectivity index (χ3v) is 4.10. The molecule has 5 heteroatoms. The summed E-state index contributed by atoms with van der Waals surface area (Å²) in [4.78, 5) is 6.35. The minimum Gasteiger partial charge on any atom is -0.376 e. The molecule has 2 aliphatic rings. The van der Waals surface area contributed by atoms with E-state index in [1.165, 1.54) is 0 Å². The largest absolute Gasteiger partial charge is 0.376 e. The van der Waals surface area contributed by atoms with Crippen molar-refractivity contribution < 1.29 is 9.13 Å². The lowest BCUT2D eigenvalue weighted by atomic mass is 10.0. The summed E-state index contributed by atoms with van der Waals surface area (Å²) in [6.45, 7) is 3.90. The van der Waals surface area contributed by atoms with Gasteiger partial charge in [0.2, 0.25) is 0 Å². The van der Waals surface area contributed by atoms with Crippen LogP contribution in [0, 0.1) is 12.7 Å². The molecular formula is C15H20FN3O. The van der Waals surface area contributed by atoms with Crippen molar-refractivity contribution in [2.24, 2.45) is 10.7 Å². The Hall–Kier alpha value is -1.62. The quantitative estimate of drug-likeness (QED) is 0.919. The fourth-order valence-electron chi connectivity index (χ4n) is 2.86. The topological polar surface area (TPSA) is 50.8 Å². The maximum atomic E-state index is 13.7. The molecule has 2 N–H and O–H groups in total. The molecule has 4 nitrogen and oxygen atoms in total.